The summed E-state index contributed by atoms with van der Waals surface area (Å²) < 4.78 is 37.5. The average molecular weight is 809 g/mol. The highest BCUT2D eigenvalue weighted by Crippen LogP contribution is 2.52. The highest BCUT2D eigenvalue weighted by atomic mass is 79.9. The Labute approximate surface area is 311 Å². The molecule has 4 bridgehead atoms. The fourth-order valence-corrected chi connectivity index (χ4v) is 8.80. The van der Waals surface area contributed by atoms with Gasteiger partial charge in [0.05, 0.1) is 28.4 Å². The summed E-state index contributed by atoms with van der Waals surface area (Å²) in [7, 11) is 6.75. The third kappa shape index (κ3) is 6.67. The van der Waals surface area contributed by atoms with Gasteiger partial charge in [0.1, 0.15) is 11.5 Å². The van der Waals surface area contributed by atoms with Gasteiger partial charge in [0.15, 0.2) is 23.0 Å². The second-order valence-electron chi connectivity index (χ2n) is 12.9. The van der Waals surface area contributed by atoms with Crippen LogP contribution in [0.1, 0.15) is 45.5 Å². The number of hydrogen-bond donors (Lipinski definition) is 0. The second-order valence-corrected chi connectivity index (χ2v) is 14.5. The van der Waals surface area contributed by atoms with Gasteiger partial charge in [-0.1, -0.05) is 56.1 Å². The Balaban J connectivity index is 1.42. The van der Waals surface area contributed by atoms with Crippen molar-refractivity contribution in [3.05, 3.63) is 94.0 Å². The molecule has 0 radical (unpaired) electrons. The summed E-state index contributed by atoms with van der Waals surface area (Å²) in [5.74, 6) is 5.52. The minimum absolute atomic E-state index is 0.0581. The molecular formula is C40H44Br2N2O6. The molecule has 0 saturated carbocycles. The number of ether oxygens (including phenoxy) is 6. The van der Waals surface area contributed by atoms with Crippen LogP contribution in [0.5, 0.6) is 46.0 Å². The van der Waals surface area contributed by atoms with Gasteiger partial charge in [0.2, 0.25) is 11.5 Å². The summed E-state index contributed by atoms with van der Waals surface area (Å²) in [6, 6.07) is 21.3. The van der Waals surface area contributed by atoms with Crippen LogP contribution in [0.15, 0.2) is 60.7 Å². The molecule has 50 heavy (non-hydrogen) atoms. The summed E-state index contributed by atoms with van der Waals surface area (Å²) >= 11 is 7.43. The van der Waals surface area contributed by atoms with E-state index in [0.717, 1.165) is 96.6 Å². The van der Waals surface area contributed by atoms with Crippen LogP contribution < -0.4 is 28.4 Å². The van der Waals surface area contributed by atoms with E-state index in [0.29, 0.717) is 23.0 Å². The van der Waals surface area contributed by atoms with Gasteiger partial charge in [-0.05, 0) is 84.3 Å². The molecule has 6 heterocycles. The van der Waals surface area contributed by atoms with Crippen LogP contribution in [0, 0.1) is 0 Å². The van der Waals surface area contributed by atoms with Crippen molar-refractivity contribution in [2.75, 3.05) is 65.3 Å². The molecule has 0 fully saturated rings. The van der Waals surface area contributed by atoms with Gasteiger partial charge in [-0.3, -0.25) is 9.80 Å². The summed E-state index contributed by atoms with van der Waals surface area (Å²) in [6.45, 7) is 3.67. The molecule has 2 atom stereocenters. The Hall–Kier alpha value is -3.44. The van der Waals surface area contributed by atoms with Crippen LogP contribution >= 0.6 is 31.9 Å². The summed E-state index contributed by atoms with van der Waals surface area (Å²) in [5, 5.41) is 1.74. The minimum Gasteiger partial charge on any atom is -0.493 e. The Kier molecular flexibility index (Phi) is 10.8. The van der Waals surface area contributed by atoms with Crippen LogP contribution in [0.25, 0.3) is 0 Å². The molecule has 6 aliphatic rings. The normalized spacial score (nSPS) is 18.6. The third-order valence-electron chi connectivity index (χ3n) is 10.3. The van der Waals surface area contributed by atoms with Gasteiger partial charge >= 0.3 is 0 Å². The van der Waals surface area contributed by atoms with Crippen molar-refractivity contribution in [2.24, 2.45) is 0 Å². The molecule has 6 aliphatic heterocycles. The van der Waals surface area contributed by atoms with Gasteiger partial charge in [0, 0.05) is 60.0 Å². The molecule has 4 aromatic rings. The van der Waals surface area contributed by atoms with Crippen molar-refractivity contribution >= 4 is 31.9 Å². The Morgan fingerprint density at radius 2 is 1.00 bits per heavy atom. The quantitative estimate of drug-likeness (QED) is 0.164. The van der Waals surface area contributed by atoms with E-state index in [-0.39, 0.29) is 12.1 Å². The standard InChI is InChI=1S/C40H44Br2N2O6/c1-45-33-23-27-13-17-43(19-15-41)31-21-25-7-11-30(12-8-25)50-40-36-28(24-34(46-2)38(40)48-4)14-18-44(20-16-42)32(36)22-26-5-9-29(10-6-26)49-39(35(27)31)37(33)47-3/h5-12,23-24,31-32H,13-22H2,1-4H3/t31-,32+. The molecule has 0 unspecified atom stereocenters. The smallest absolute Gasteiger partial charge is 0.204 e. The van der Waals surface area contributed by atoms with Gasteiger partial charge < -0.3 is 28.4 Å². The van der Waals surface area contributed by atoms with Crippen molar-refractivity contribution in [2.45, 2.75) is 37.8 Å². The van der Waals surface area contributed by atoms with Crippen molar-refractivity contribution in [3.8, 4) is 46.0 Å². The average Bonchev–Trinajstić information content (AvgIpc) is 3.14. The van der Waals surface area contributed by atoms with E-state index in [9.17, 15) is 0 Å². The first kappa shape index (κ1) is 35.0. The monoisotopic (exact) mass is 806 g/mol. The molecule has 0 spiro atoms. The highest BCUT2D eigenvalue weighted by Gasteiger charge is 2.36. The summed E-state index contributed by atoms with van der Waals surface area (Å²) in [5.41, 5.74) is 7.12. The maximum atomic E-state index is 6.87. The number of nitrogens with zero attached hydrogens (tertiary/aromatic N) is 2. The van der Waals surface area contributed by atoms with E-state index >= 15 is 0 Å². The van der Waals surface area contributed by atoms with Gasteiger partial charge in [-0.15, -0.1) is 0 Å². The lowest BCUT2D eigenvalue weighted by atomic mass is 9.86. The predicted molar refractivity (Wildman–Crippen MR) is 203 cm³/mol. The first-order chi connectivity index (χ1) is 24.5. The fraction of sp³-hybridized carbons (Fsp3) is 0.400. The lowest BCUT2D eigenvalue weighted by Crippen LogP contribution is -2.38. The number of hydrogen-bond acceptors (Lipinski definition) is 8. The van der Waals surface area contributed by atoms with Crippen LogP contribution in [0.4, 0.5) is 0 Å². The van der Waals surface area contributed by atoms with Crippen LogP contribution in [0.3, 0.4) is 0 Å². The van der Waals surface area contributed by atoms with Gasteiger partial charge in [-0.25, -0.2) is 0 Å². The van der Waals surface area contributed by atoms with Crippen molar-refractivity contribution < 1.29 is 28.4 Å². The molecule has 10 heteroatoms. The largest absolute Gasteiger partial charge is 0.493 e. The zero-order valence-corrected chi connectivity index (χ0v) is 32.3. The molecule has 0 amide bonds. The van der Waals surface area contributed by atoms with Gasteiger partial charge in [0.25, 0.3) is 0 Å². The SMILES string of the molecule is COc1cc2c3c(c1OC)Oc1ccc(cc1)C[C@H]1c4c(cc(OC)c(OC)c4Oc4ccc(cc4)C[C@H]3N(CCBr)CC2)CCN1CCBr. The number of benzene rings is 4. The van der Waals surface area contributed by atoms with E-state index in [2.05, 4.69) is 102 Å². The summed E-state index contributed by atoms with van der Waals surface area (Å²) in [4.78, 5) is 5.07. The topological polar surface area (TPSA) is 61.9 Å². The number of alkyl halides is 2. The minimum atomic E-state index is 0.0581. The van der Waals surface area contributed by atoms with Gasteiger partial charge in [-0.2, -0.15) is 0 Å². The van der Waals surface area contributed by atoms with E-state index < -0.39 is 0 Å². The maximum absolute atomic E-state index is 6.87. The lowest BCUT2D eigenvalue weighted by Gasteiger charge is -2.39. The Morgan fingerprint density at radius 3 is 1.34 bits per heavy atom. The van der Waals surface area contributed by atoms with E-state index in [1.165, 1.54) is 22.3 Å². The number of rotatable bonds is 8. The zero-order chi connectivity index (χ0) is 34.8. The second kappa shape index (κ2) is 15.4. The number of halogens is 2. The molecule has 4 aromatic carbocycles. The van der Waals surface area contributed by atoms with Crippen molar-refractivity contribution in [3.63, 3.8) is 0 Å². The van der Waals surface area contributed by atoms with Crippen LogP contribution in [0.2, 0.25) is 0 Å². The predicted octanol–water partition coefficient (Wildman–Crippen LogP) is 8.69. The molecule has 0 aromatic heterocycles. The molecular weight excluding hydrogens is 764 g/mol. The molecule has 0 aliphatic carbocycles. The molecule has 8 nitrogen and oxygen atoms in total. The Morgan fingerprint density at radius 1 is 0.600 bits per heavy atom. The third-order valence-corrected chi connectivity index (χ3v) is 11.0. The highest BCUT2D eigenvalue weighted by molar-refractivity contribution is 9.09. The number of methoxy groups -OCH3 is 4. The van der Waals surface area contributed by atoms with E-state index in [1.54, 1.807) is 28.4 Å². The van der Waals surface area contributed by atoms with E-state index in [4.69, 9.17) is 28.4 Å². The zero-order valence-electron chi connectivity index (χ0n) is 29.1. The molecule has 0 saturated heterocycles. The van der Waals surface area contributed by atoms with Crippen LogP contribution in [-0.4, -0.2) is 75.1 Å². The fourth-order valence-electron chi connectivity index (χ4n) is 7.89. The lowest BCUT2D eigenvalue weighted by molar-refractivity contribution is 0.190. The first-order valence-electron chi connectivity index (χ1n) is 17.2. The summed E-state index contributed by atoms with van der Waals surface area (Å²) in [6.07, 6.45) is 3.35. The van der Waals surface area contributed by atoms with Crippen molar-refractivity contribution in [1.82, 2.24) is 9.80 Å². The molecule has 0 N–H and O–H groups in total. The molecule has 264 valence electrons. The first-order valence-corrected chi connectivity index (χ1v) is 19.4. The molecule has 10 rings (SSSR count). The van der Waals surface area contributed by atoms with Crippen molar-refractivity contribution in [1.29, 1.82) is 0 Å². The van der Waals surface area contributed by atoms with Crippen LogP contribution in [-0.2, 0) is 25.7 Å². The maximum Gasteiger partial charge on any atom is 0.204 e. The Bertz CT molecular complexity index is 1680. The van der Waals surface area contributed by atoms with E-state index in [1.807, 2.05) is 0 Å².